The number of amides is 1. The Morgan fingerprint density at radius 3 is 2.53 bits per heavy atom. The van der Waals surface area contributed by atoms with Crippen molar-refractivity contribution in [1.82, 2.24) is 10.3 Å². The van der Waals surface area contributed by atoms with Crippen LogP contribution in [0.5, 0.6) is 0 Å². The molecule has 1 heterocycles. The number of nitrogens with zero attached hydrogens (tertiary/aromatic N) is 1. The van der Waals surface area contributed by atoms with Crippen LogP contribution in [0.1, 0.15) is 30.7 Å². The van der Waals surface area contributed by atoms with Crippen molar-refractivity contribution in [3.63, 3.8) is 0 Å². The lowest BCUT2D eigenvalue weighted by Crippen LogP contribution is -2.48. The van der Waals surface area contributed by atoms with Gasteiger partial charge in [-0.15, -0.1) is 36.2 Å². The van der Waals surface area contributed by atoms with E-state index in [0.29, 0.717) is 6.54 Å². The molecule has 0 spiro atoms. The summed E-state index contributed by atoms with van der Waals surface area (Å²) in [7, 11) is 0. The Balaban J connectivity index is 0. The normalized spacial score (nSPS) is 10.1. The molecule has 0 atom stereocenters. The van der Waals surface area contributed by atoms with Crippen molar-refractivity contribution in [2.75, 3.05) is 0 Å². The van der Waals surface area contributed by atoms with Crippen molar-refractivity contribution >= 4 is 42.1 Å². The number of carbonyl (C=O) groups excluding carboxylic acids is 1. The van der Waals surface area contributed by atoms with E-state index in [1.807, 2.05) is 6.20 Å². The molecule has 0 aliphatic carbocycles. The number of thiazole rings is 1. The van der Waals surface area contributed by atoms with E-state index in [9.17, 15) is 4.79 Å². The Bertz CT molecular complexity index is 350. The molecule has 1 aromatic heterocycles. The van der Waals surface area contributed by atoms with Gasteiger partial charge < -0.3 is 11.1 Å². The van der Waals surface area contributed by atoms with Gasteiger partial charge in [0.1, 0.15) is 5.01 Å². The average molecular weight is 300 g/mol. The van der Waals surface area contributed by atoms with Crippen LogP contribution in [0.15, 0.2) is 6.20 Å². The molecule has 0 aliphatic heterocycles. The van der Waals surface area contributed by atoms with Crippen molar-refractivity contribution in [2.24, 2.45) is 5.73 Å². The lowest BCUT2D eigenvalue weighted by atomic mass is 10.1. The molecule has 4 nitrogen and oxygen atoms in total. The number of aromatic nitrogens is 1. The minimum atomic E-state index is -0.829. The molecule has 0 radical (unpaired) electrons. The summed E-state index contributed by atoms with van der Waals surface area (Å²) in [5, 5.41) is 3.68. The molecule has 3 N–H and O–H groups in total. The maximum atomic E-state index is 11.5. The molecular weight excluding hydrogens is 281 g/mol. The molecule has 1 aromatic rings. The minimum absolute atomic E-state index is 0. The van der Waals surface area contributed by atoms with Crippen molar-refractivity contribution < 1.29 is 4.79 Å². The third kappa shape index (κ3) is 6.21. The lowest BCUT2D eigenvalue weighted by molar-refractivity contribution is -0.125. The average Bonchev–Trinajstić information content (AvgIpc) is 2.60. The minimum Gasteiger partial charge on any atom is -0.348 e. The van der Waals surface area contributed by atoms with Gasteiger partial charge in [-0.05, 0) is 20.3 Å². The number of hydrogen-bond acceptors (Lipinski definition) is 4. The maximum Gasteiger partial charge on any atom is 0.239 e. The Morgan fingerprint density at radius 1 is 1.53 bits per heavy atom. The van der Waals surface area contributed by atoms with Crippen molar-refractivity contribution in [1.29, 1.82) is 0 Å². The van der Waals surface area contributed by atoms with E-state index in [-0.39, 0.29) is 30.7 Å². The molecule has 17 heavy (non-hydrogen) atoms. The number of hydrogen-bond donors (Lipinski definition) is 2. The van der Waals surface area contributed by atoms with Crippen molar-refractivity contribution in [2.45, 2.75) is 39.3 Å². The van der Waals surface area contributed by atoms with Gasteiger partial charge in [0.15, 0.2) is 0 Å². The summed E-state index contributed by atoms with van der Waals surface area (Å²) < 4.78 is 0. The molecule has 0 fully saturated rings. The first-order chi connectivity index (χ1) is 6.93. The summed E-state index contributed by atoms with van der Waals surface area (Å²) in [6.07, 6.45) is 2.83. The van der Waals surface area contributed by atoms with Crippen molar-refractivity contribution in [3.8, 4) is 0 Å². The third-order valence-corrected chi connectivity index (χ3v) is 3.08. The van der Waals surface area contributed by atoms with E-state index in [1.54, 1.807) is 25.2 Å². The first-order valence-electron chi connectivity index (χ1n) is 4.94. The Morgan fingerprint density at radius 2 is 2.12 bits per heavy atom. The van der Waals surface area contributed by atoms with Crippen LogP contribution in [0.25, 0.3) is 0 Å². The SMILES string of the molecule is CCc1cnc(CNC(=O)C(C)(C)N)s1.Cl.Cl. The molecular formula is C10H19Cl2N3OS. The van der Waals surface area contributed by atoms with E-state index in [1.165, 1.54) is 4.88 Å². The zero-order chi connectivity index (χ0) is 11.5. The number of halogens is 2. The molecule has 0 aromatic carbocycles. The summed E-state index contributed by atoms with van der Waals surface area (Å²) in [4.78, 5) is 16.9. The molecule has 100 valence electrons. The van der Waals surface area contributed by atoms with E-state index in [4.69, 9.17) is 5.73 Å². The fourth-order valence-electron chi connectivity index (χ4n) is 0.977. The summed E-state index contributed by atoms with van der Waals surface area (Å²) in [5.41, 5.74) is 4.82. The Labute approximate surface area is 118 Å². The maximum absolute atomic E-state index is 11.5. The van der Waals surface area contributed by atoms with Gasteiger partial charge in [0.25, 0.3) is 0 Å². The molecule has 0 unspecified atom stereocenters. The fourth-order valence-corrected chi connectivity index (χ4v) is 1.78. The van der Waals surface area contributed by atoms with E-state index < -0.39 is 5.54 Å². The van der Waals surface area contributed by atoms with E-state index in [2.05, 4.69) is 17.2 Å². The standard InChI is InChI=1S/C10H17N3OS.2ClH/c1-4-7-5-12-8(15-7)6-13-9(14)10(2,3)11;;/h5H,4,6,11H2,1-3H3,(H,13,14);2*1H. The Hall–Kier alpha value is -0.360. The van der Waals surface area contributed by atoms with Crippen LogP contribution in [0.2, 0.25) is 0 Å². The van der Waals surface area contributed by atoms with Gasteiger partial charge in [-0.2, -0.15) is 0 Å². The van der Waals surface area contributed by atoms with Gasteiger partial charge >= 0.3 is 0 Å². The highest BCUT2D eigenvalue weighted by atomic mass is 35.5. The molecule has 0 aliphatic rings. The zero-order valence-corrected chi connectivity index (χ0v) is 12.6. The van der Waals surface area contributed by atoms with Gasteiger partial charge in [-0.25, -0.2) is 4.98 Å². The highest BCUT2D eigenvalue weighted by Gasteiger charge is 2.21. The van der Waals surface area contributed by atoms with Crippen LogP contribution in [0.4, 0.5) is 0 Å². The van der Waals surface area contributed by atoms with Crippen LogP contribution in [-0.4, -0.2) is 16.4 Å². The topological polar surface area (TPSA) is 68.0 Å². The van der Waals surface area contributed by atoms with Gasteiger partial charge in [0.2, 0.25) is 5.91 Å². The molecule has 1 rings (SSSR count). The van der Waals surface area contributed by atoms with Gasteiger partial charge in [0, 0.05) is 11.1 Å². The first-order valence-corrected chi connectivity index (χ1v) is 5.76. The smallest absolute Gasteiger partial charge is 0.239 e. The monoisotopic (exact) mass is 299 g/mol. The summed E-state index contributed by atoms with van der Waals surface area (Å²) in [5.74, 6) is -0.157. The lowest BCUT2D eigenvalue weighted by Gasteiger charge is -2.16. The number of rotatable bonds is 4. The van der Waals surface area contributed by atoms with Crippen LogP contribution < -0.4 is 11.1 Å². The first kappa shape index (κ1) is 19.0. The third-order valence-electron chi connectivity index (χ3n) is 1.94. The highest BCUT2D eigenvalue weighted by molar-refractivity contribution is 7.11. The van der Waals surface area contributed by atoms with Gasteiger partial charge in [-0.1, -0.05) is 6.92 Å². The molecule has 0 bridgehead atoms. The second kappa shape index (κ2) is 7.87. The molecule has 0 saturated carbocycles. The number of carbonyl (C=O) groups is 1. The number of nitrogens with two attached hydrogens (primary N) is 1. The van der Waals surface area contributed by atoms with Gasteiger partial charge in [-0.3, -0.25) is 4.79 Å². The predicted octanol–water partition coefficient (Wildman–Crippen LogP) is 1.90. The van der Waals surface area contributed by atoms with E-state index >= 15 is 0 Å². The van der Waals surface area contributed by atoms with Crippen molar-refractivity contribution in [3.05, 3.63) is 16.1 Å². The summed E-state index contributed by atoms with van der Waals surface area (Å²) in [6.45, 7) is 5.91. The van der Waals surface area contributed by atoms with Crippen LogP contribution in [0.3, 0.4) is 0 Å². The number of nitrogens with one attached hydrogen (secondary N) is 1. The quantitative estimate of drug-likeness (QED) is 0.892. The summed E-state index contributed by atoms with van der Waals surface area (Å²) in [6, 6.07) is 0. The highest BCUT2D eigenvalue weighted by Crippen LogP contribution is 2.13. The van der Waals surface area contributed by atoms with Crippen LogP contribution in [0, 0.1) is 0 Å². The molecule has 1 amide bonds. The Kier molecular flexibility index (Phi) is 8.79. The van der Waals surface area contributed by atoms with E-state index in [0.717, 1.165) is 11.4 Å². The van der Waals surface area contributed by atoms with Gasteiger partial charge in [0.05, 0.1) is 12.1 Å². The molecule has 7 heteroatoms. The largest absolute Gasteiger partial charge is 0.348 e. The number of aryl methyl sites for hydroxylation is 1. The molecule has 0 saturated heterocycles. The van der Waals surface area contributed by atoms with Crippen LogP contribution in [-0.2, 0) is 17.8 Å². The second-order valence-corrected chi connectivity index (χ2v) is 5.18. The summed E-state index contributed by atoms with van der Waals surface area (Å²) >= 11 is 1.62. The zero-order valence-electron chi connectivity index (χ0n) is 10.1. The van der Waals surface area contributed by atoms with Crippen LogP contribution >= 0.6 is 36.2 Å². The fraction of sp³-hybridized carbons (Fsp3) is 0.600. The second-order valence-electron chi connectivity index (χ2n) is 3.98. The predicted molar refractivity (Wildman–Crippen MR) is 76.1 cm³/mol.